The lowest BCUT2D eigenvalue weighted by molar-refractivity contribution is -0.123. The second-order valence-electron chi connectivity index (χ2n) is 5.36. The van der Waals surface area contributed by atoms with E-state index in [-0.39, 0.29) is 11.3 Å². The minimum absolute atomic E-state index is 0.0955. The molecule has 4 nitrogen and oxygen atoms in total. The highest BCUT2D eigenvalue weighted by Crippen LogP contribution is 2.28. The van der Waals surface area contributed by atoms with E-state index in [0.29, 0.717) is 0 Å². The normalized spacial score (nSPS) is 22.8. The molecule has 1 atom stereocenters. The Kier molecular flexibility index (Phi) is 3.03. The number of hydrogen-bond donors (Lipinski definition) is 2. The summed E-state index contributed by atoms with van der Waals surface area (Å²) in [5.74, 6) is 0.0955. The number of aromatic nitrogens is 1. The van der Waals surface area contributed by atoms with Gasteiger partial charge in [0.05, 0.1) is 20.6 Å². The van der Waals surface area contributed by atoms with E-state index < -0.39 is 0 Å². The van der Waals surface area contributed by atoms with Crippen molar-refractivity contribution in [3.63, 3.8) is 0 Å². The maximum Gasteiger partial charge on any atom is 0.231 e. The molecule has 2 N–H and O–H groups in total. The molecule has 2 aromatic rings. The molecule has 2 heterocycles. The zero-order valence-corrected chi connectivity index (χ0v) is 11.9. The van der Waals surface area contributed by atoms with Gasteiger partial charge in [0.15, 0.2) is 0 Å². The monoisotopic (exact) mass is 275 g/mol. The first-order chi connectivity index (χ1) is 9.07. The molecule has 0 bridgehead atoms. The number of amides is 1. The molecule has 0 aliphatic carbocycles. The van der Waals surface area contributed by atoms with Gasteiger partial charge in [-0.1, -0.05) is 0 Å². The average molecular weight is 275 g/mol. The first-order valence-electron chi connectivity index (χ1n) is 6.46. The summed E-state index contributed by atoms with van der Waals surface area (Å²) in [6, 6.07) is 5.89. The SMILES string of the molecule is Cc1nc2ccc(NC(=O)C3(C)CCNC3)cc2s1. The number of hydrogen-bond acceptors (Lipinski definition) is 4. The lowest BCUT2D eigenvalue weighted by Crippen LogP contribution is -2.35. The number of anilines is 1. The van der Waals surface area contributed by atoms with E-state index in [1.54, 1.807) is 11.3 Å². The highest BCUT2D eigenvalue weighted by molar-refractivity contribution is 7.18. The second kappa shape index (κ2) is 4.58. The smallest absolute Gasteiger partial charge is 0.231 e. The molecule has 1 fully saturated rings. The van der Waals surface area contributed by atoms with Gasteiger partial charge < -0.3 is 10.6 Å². The Morgan fingerprint density at radius 1 is 1.53 bits per heavy atom. The van der Waals surface area contributed by atoms with Crippen molar-refractivity contribution in [3.8, 4) is 0 Å². The number of nitrogens with zero attached hydrogens (tertiary/aromatic N) is 1. The molecule has 1 aliphatic heterocycles. The lowest BCUT2D eigenvalue weighted by atomic mass is 9.89. The van der Waals surface area contributed by atoms with Gasteiger partial charge in [-0.15, -0.1) is 11.3 Å². The van der Waals surface area contributed by atoms with E-state index in [1.807, 2.05) is 32.0 Å². The van der Waals surface area contributed by atoms with Crippen molar-refractivity contribution >= 4 is 33.1 Å². The van der Waals surface area contributed by atoms with Gasteiger partial charge >= 0.3 is 0 Å². The second-order valence-corrected chi connectivity index (χ2v) is 6.59. The molecule has 0 saturated carbocycles. The number of carbonyl (C=O) groups excluding carboxylic acids is 1. The minimum Gasteiger partial charge on any atom is -0.326 e. The molecule has 1 aliphatic rings. The predicted molar refractivity (Wildman–Crippen MR) is 78.6 cm³/mol. The zero-order chi connectivity index (χ0) is 13.5. The Morgan fingerprint density at radius 2 is 2.37 bits per heavy atom. The van der Waals surface area contributed by atoms with E-state index in [0.717, 1.165) is 40.4 Å². The highest BCUT2D eigenvalue weighted by Gasteiger charge is 2.36. The van der Waals surface area contributed by atoms with Crippen molar-refractivity contribution in [1.82, 2.24) is 10.3 Å². The number of thiazole rings is 1. The van der Waals surface area contributed by atoms with Crippen LogP contribution in [0.3, 0.4) is 0 Å². The van der Waals surface area contributed by atoms with Crippen LogP contribution in [0.1, 0.15) is 18.4 Å². The van der Waals surface area contributed by atoms with E-state index in [4.69, 9.17) is 0 Å². The van der Waals surface area contributed by atoms with Gasteiger partial charge in [-0.25, -0.2) is 4.98 Å². The minimum atomic E-state index is -0.293. The first kappa shape index (κ1) is 12.6. The zero-order valence-electron chi connectivity index (χ0n) is 11.1. The lowest BCUT2D eigenvalue weighted by Gasteiger charge is -2.21. The number of benzene rings is 1. The maximum atomic E-state index is 12.3. The van der Waals surface area contributed by atoms with Crippen LogP contribution in [0.2, 0.25) is 0 Å². The summed E-state index contributed by atoms with van der Waals surface area (Å²) < 4.78 is 1.12. The molecule has 1 amide bonds. The van der Waals surface area contributed by atoms with Crippen molar-refractivity contribution in [2.75, 3.05) is 18.4 Å². The van der Waals surface area contributed by atoms with Crippen LogP contribution < -0.4 is 10.6 Å². The molecule has 3 rings (SSSR count). The third-order valence-corrected chi connectivity index (χ3v) is 4.60. The molecule has 1 aromatic heterocycles. The Balaban J connectivity index is 1.82. The van der Waals surface area contributed by atoms with Crippen LogP contribution in [0.15, 0.2) is 18.2 Å². The molecule has 5 heteroatoms. The number of carbonyl (C=O) groups is 1. The van der Waals surface area contributed by atoms with Gasteiger partial charge in [0.2, 0.25) is 5.91 Å². The van der Waals surface area contributed by atoms with E-state index >= 15 is 0 Å². The summed E-state index contributed by atoms with van der Waals surface area (Å²) in [5.41, 5.74) is 1.56. The largest absolute Gasteiger partial charge is 0.326 e. The van der Waals surface area contributed by atoms with Crippen LogP contribution in [0, 0.1) is 12.3 Å². The van der Waals surface area contributed by atoms with Crippen molar-refractivity contribution < 1.29 is 4.79 Å². The molecule has 100 valence electrons. The molecule has 1 saturated heterocycles. The topological polar surface area (TPSA) is 54.0 Å². The van der Waals surface area contributed by atoms with E-state index in [9.17, 15) is 4.79 Å². The third-order valence-electron chi connectivity index (χ3n) is 3.67. The number of fused-ring (bicyclic) bond motifs is 1. The number of aryl methyl sites for hydroxylation is 1. The summed E-state index contributed by atoms with van der Waals surface area (Å²) >= 11 is 1.65. The van der Waals surface area contributed by atoms with Gasteiger partial charge in [-0.05, 0) is 45.0 Å². The first-order valence-corrected chi connectivity index (χ1v) is 7.28. The maximum absolute atomic E-state index is 12.3. The van der Waals surface area contributed by atoms with Crippen molar-refractivity contribution in [1.29, 1.82) is 0 Å². The summed E-state index contributed by atoms with van der Waals surface area (Å²) in [4.78, 5) is 16.7. The number of rotatable bonds is 2. The quantitative estimate of drug-likeness (QED) is 0.885. The summed E-state index contributed by atoms with van der Waals surface area (Å²) in [7, 11) is 0. The van der Waals surface area contributed by atoms with Crippen molar-refractivity contribution in [2.24, 2.45) is 5.41 Å². The highest BCUT2D eigenvalue weighted by atomic mass is 32.1. The Labute approximate surface area is 116 Å². The van der Waals surface area contributed by atoms with Crippen LogP contribution >= 0.6 is 11.3 Å². The fourth-order valence-corrected chi connectivity index (χ4v) is 3.28. The third kappa shape index (κ3) is 2.35. The molecular weight excluding hydrogens is 258 g/mol. The fraction of sp³-hybridized carbons (Fsp3) is 0.429. The van der Waals surface area contributed by atoms with Gasteiger partial charge in [0.1, 0.15) is 0 Å². The number of nitrogens with one attached hydrogen (secondary N) is 2. The summed E-state index contributed by atoms with van der Waals surface area (Å²) in [6.07, 6.45) is 0.890. The van der Waals surface area contributed by atoms with Crippen LogP contribution in [0.25, 0.3) is 10.2 Å². The van der Waals surface area contributed by atoms with Crippen LogP contribution in [-0.4, -0.2) is 24.0 Å². The van der Waals surface area contributed by atoms with Gasteiger partial charge in [0.25, 0.3) is 0 Å². The van der Waals surface area contributed by atoms with Gasteiger partial charge in [-0.3, -0.25) is 4.79 Å². The Morgan fingerprint density at radius 3 is 3.11 bits per heavy atom. The average Bonchev–Trinajstić information content (AvgIpc) is 2.95. The fourth-order valence-electron chi connectivity index (χ4n) is 2.41. The summed E-state index contributed by atoms with van der Waals surface area (Å²) in [5, 5.41) is 7.32. The standard InChI is InChI=1S/C14H17N3OS/c1-9-16-11-4-3-10(7-12(11)19-9)17-13(18)14(2)5-6-15-8-14/h3-4,7,15H,5-6,8H2,1-2H3,(H,17,18). The molecule has 1 unspecified atom stereocenters. The van der Waals surface area contributed by atoms with Gasteiger partial charge in [-0.2, -0.15) is 0 Å². The van der Waals surface area contributed by atoms with Gasteiger partial charge in [0, 0.05) is 12.2 Å². The Hall–Kier alpha value is -1.46. The predicted octanol–water partition coefficient (Wildman–Crippen LogP) is 2.54. The molecule has 19 heavy (non-hydrogen) atoms. The van der Waals surface area contributed by atoms with Crippen LogP contribution in [0.4, 0.5) is 5.69 Å². The van der Waals surface area contributed by atoms with Crippen molar-refractivity contribution in [2.45, 2.75) is 20.3 Å². The van der Waals surface area contributed by atoms with E-state index in [1.165, 1.54) is 0 Å². The summed E-state index contributed by atoms with van der Waals surface area (Å²) in [6.45, 7) is 5.67. The Bertz CT molecular complexity index is 629. The molecule has 0 radical (unpaired) electrons. The molecule has 0 spiro atoms. The molecular formula is C14H17N3OS. The van der Waals surface area contributed by atoms with Crippen LogP contribution in [0.5, 0.6) is 0 Å². The van der Waals surface area contributed by atoms with E-state index in [2.05, 4.69) is 15.6 Å². The molecule has 1 aromatic carbocycles. The van der Waals surface area contributed by atoms with Crippen molar-refractivity contribution in [3.05, 3.63) is 23.2 Å². The van der Waals surface area contributed by atoms with Crippen LogP contribution in [-0.2, 0) is 4.79 Å².